The highest BCUT2D eigenvalue weighted by Crippen LogP contribution is 2.31. The van der Waals surface area contributed by atoms with Gasteiger partial charge in [0.25, 0.3) is 5.56 Å². The molecule has 0 fully saturated rings. The van der Waals surface area contributed by atoms with Crippen LogP contribution in [0.5, 0.6) is 5.75 Å². The van der Waals surface area contributed by atoms with Gasteiger partial charge in [-0.3, -0.25) is 9.36 Å². The number of hydrogen-bond acceptors (Lipinski definition) is 7. The molecule has 2 aromatic heterocycles. The molecule has 3 heterocycles. The summed E-state index contributed by atoms with van der Waals surface area (Å²) in [5.41, 5.74) is 2.27. The summed E-state index contributed by atoms with van der Waals surface area (Å²) in [5.74, 6) is 1.42. The zero-order valence-electron chi connectivity index (χ0n) is 20.4. The molecule has 1 aliphatic rings. The maximum atomic E-state index is 13.7. The monoisotopic (exact) mass is 578 g/mol. The molecule has 5 rings (SSSR count). The molecule has 0 spiro atoms. The van der Waals surface area contributed by atoms with E-state index in [1.807, 2.05) is 48.5 Å². The number of hydrogen-bond donors (Lipinski definition) is 0. The summed E-state index contributed by atoms with van der Waals surface area (Å²) in [6.07, 6.45) is 1.71. The number of aromatic nitrogens is 1. The highest BCUT2D eigenvalue weighted by molar-refractivity contribution is 9.10. The summed E-state index contributed by atoms with van der Waals surface area (Å²) in [5, 5.41) is 0. The number of fused-ring (bicyclic) bond motifs is 1. The van der Waals surface area contributed by atoms with Crippen LogP contribution in [0, 0.1) is 0 Å². The Bertz CT molecular complexity index is 1680. The molecule has 1 atom stereocenters. The molecule has 188 valence electrons. The number of ether oxygens (including phenoxy) is 2. The molecule has 0 N–H and O–H groups in total. The number of nitrogens with zero attached hydrogens (tertiary/aromatic N) is 2. The lowest BCUT2D eigenvalue weighted by atomic mass is 9.96. The van der Waals surface area contributed by atoms with Crippen molar-refractivity contribution in [1.82, 2.24) is 4.57 Å². The highest BCUT2D eigenvalue weighted by atomic mass is 79.9. The highest BCUT2D eigenvalue weighted by Gasteiger charge is 2.33. The quantitative estimate of drug-likeness (QED) is 0.306. The second-order valence-electron chi connectivity index (χ2n) is 8.28. The molecule has 7 nitrogen and oxygen atoms in total. The van der Waals surface area contributed by atoms with E-state index in [4.69, 9.17) is 13.9 Å². The lowest BCUT2D eigenvalue weighted by Gasteiger charge is -2.24. The van der Waals surface area contributed by atoms with Gasteiger partial charge in [-0.05, 0) is 55.8 Å². The molecule has 0 saturated heterocycles. The fourth-order valence-electron chi connectivity index (χ4n) is 4.22. The summed E-state index contributed by atoms with van der Waals surface area (Å²) in [4.78, 5) is 31.8. The van der Waals surface area contributed by atoms with Crippen LogP contribution < -0.4 is 19.6 Å². The molecule has 2 aromatic carbocycles. The maximum absolute atomic E-state index is 13.7. The van der Waals surface area contributed by atoms with E-state index in [1.165, 1.54) is 11.3 Å². The summed E-state index contributed by atoms with van der Waals surface area (Å²) in [6, 6.07) is 18.1. The van der Waals surface area contributed by atoms with E-state index in [0.29, 0.717) is 37.9 Å². The van der Waals surface area contributed by atoms with E-state index in [0.717, 1.165) is 15.6 Å². The summed E-state index contributed by atoms with van der Waals surface area (Å²) in [6.45, 7) is 3.72. The number of halogens is 1. The van der Waals surface area contributed by atoms with Gasteiger partial charge >= 0.3 is 5.97 Å². The van der Waals surface area contributed by atoms with Crippen molar-refractivity contribution in [3.05, 3.63) is 107 Å². The molecule has 0 amide bonds. The third-order valence-corrected chi connectivity index (χ3v) is 7.49. The average Bonchev–Trinajstić information content (AvgIpc) is 3.48. The van der Waals surface area contributed by atoms with Gasteiger partial charge in [0.05, 0.1) is 35.6 Å². The van der Waals surface area contributed by atoms with Crippen LogP contribution in [0.1, 0.15) is 31.2 Å². The van der Waals surface area contributed by atoms with Gasteiger partial charge in [-0.2, -0.15) is 0 Å². The van der Waals surface area contributed by atoms with Gasteiger partial charge in [0, 0.05) is 16.1 Å². The van der Waals surface area contributed by atoms with E-state index in [9.17, 15) is 9.59 Å². The number of carbonyl (C=O) groups excluding carboxylic acids is 1. The van der Waals surface area contributed by atoms with Crippen LogP contribution in [0.3, 0.4) is 0 Å². The fourth-order valence-corrected chi connectivity index (χ4v) is 5.51. The normalized spacial score (nSPS) is 15.4. The van der Waals surface area contributed by atoms with Crippen molar-refractivity contribution in [2.75, 3.05) is 13.7 Å². The molecule has 1 aliphatic heterocycles. The first kappa shape index (κ1) is 25.0. The van der Waals surface area contributed by atoms with Gasteiger partial charge in [0.2, 0.25) is 0 Å². The van der Waals surface area contributed by atoms with Gasteiger partial charge in [-0.25, -0.2) is 9.79 Å². The Balaban J connectivity index is 1.62. The van der Waals surface area contributed by atoms with Gasteiger partial charge in [-0.15, -0.1) is 0 Å². The lowest BCUT2D eigenvalue weighted by Crippen LogP contribution is -2.39. The third-order valence-electron chi connectivity index (χ3n) is 5.98. The van der Waals surface area contributed by atoms with Crippen LogP contribution in [0.15, 0.2) is 90.6 Å². The van der Waals surface area contributed by atoms with Crippen LogP contribution in [0.25, 0.3) is 17.4 Å². The Labute approximate surface area is 225 Å². The van der Waals surface area contributed by atoms with E-state index in [-0.39, 0.29) is 12.2 Å². The van der Waals surface area contributed by atoms with Gasteiger partial charge < -0.3 is 13.9 Å². The minimum Gasteiger partial charge on any atom is -0.497 e. The second-order valence-corrected chi connectivity index (χ2v) is 10.2. The largest absolute Gasteiger partial charge is 0.497 e. The van der Waals surface area contributed by atoms with Crippen molar-refractivity contribution in [2.45, 2.75) is 19.9 Å². The van der Waals surface area contributed by atoms with Crippen molar-refractivity contribution >= 4 is 39.3 Å². The predicted molar refractivity (Wildman–Crippen MR) is 145 cm³/mol. The van der Waals surface area contributed by atoms with Crippen molar-refractivity contribution in [1.29, 1.82) is 0 Å². The van der Waals surface area contributed by atoms with E-state index < -0.39 is 12.0 Å². The number of esters is 1. The van der Waals surface area contributed by atoms with Crippen LogP contribution in [0.4, 0.5) is 0 Å². The van der Waals surface area contributed by atoms with Crippen LogP contribution in [-0.4, -0.2) is 24.3 Å². The molecule has 4 aromatic rings. The van der Waals surface area contributed by atoms with E-state index in [1.54, 1.807) is 43.7 Å². The number of allylic oxidation sites excluding steroid dienone is 1. The molecule has 0 aliphatic carbocycles. The Morgan fingerprint density at radius 2 is 1.86 bits per heavy atom. The average molecular weight is 579 g/mol. The van der Waals surface area contributed by atoms with Crippen molar-refractivity contribution in [3.63, 3.8) is 0 Å². The molecular weight excluding hydrogens is 556 g/mol. The summed E-state index contributed by atoms with van der Waals surface area (Å²) in [7, 11) is 1.59. The Hall–Kier alpha value is -3.69. The standard InChI is InChI=1S/C28H23BrN2O5S/c1-4-35-27(33)24-16(2)30-28-31(25(24)18-7-11-20(34-3)12-8-18)26(32)23(37-28)15-21-13-14-22(36-21)17-5-9-19(29)10-6-17/h5-15,25H,4H2,1-3H3/b23-15+/t25-/m0/s1. The molecule has 9 heteroatoms. The number of thiazole rings is 1. The molecule has 0 radical (unpaired) electrons. The zero-order chi connectivity index (χ0) is 26.1. The SMILES string of the molecule is CCOC(=O)C1=C(C)N=c2s/c(=C/c3ccc(-c4ccc(Br)cc4)o3)c(=O)n2[C@H]1c1ccc(OC)cc1. The number of benzene rings is 2. The fraction of sp³-hybridized carbons (Fsp3) is 0.179. The van der Waals surface area contributed by atoms with E-state index >= 15 is 0 Å². The number of methoxy groups -OCH3 is 1. The van der Waals surface area contributed by atoms with Crippen molar-refractivity contribution in [2.24, 2.45) is 4.99 Å². The number of carbonyl (C=O) groups is 1. The first-order chi connectivity index (χ1) is 17.9. The molecule has 0 unspecified atom stereocenters. The number of furan rings is 1. The molecule has 0 saturated carbocycles. The smallest absolute Gasteiger partial charge is 0.338 e. The van der Waals surface area contributed by atoms with Crippen molar-refractivity contribution in [3.8, 4) is 17.1 Å². The van der Waals surface area contributed by atoms with Gasteiger partial charge in [-0.1, -0.05) is 51.5 Å². The van der Waals surface area contributed by atoms with Crippen molar-refractivity contribution < 1.29 is 18.7 Å². The Kier molecular flexibility index (Phi) is 6.99. The molecular formula is C28H23BrN2O5S. The van der Waals surface area contributed by atoms with Crippen LogP contribution >= 0.6 is 27.3 Å². The van der Waals surface area contributed by atoms with Crippen LogP contribution in [-0.2, 0) is 9.53 Å². The second kappa shape index (κ2) is 10.4. The molecule has 37 heavy (non-hydrogen) atoms. The topological polar surface area (TPSA) is 83.0 Å². The summed E-state index contributed by atoms with van der Waals surface area (Å²) < 4.78 is 19.6. The maximum Gasteiger partial charge on any atom is 0.338 e. The minimum absolute atomic E-state index is 0.217. The lowest BCUT2D eigenvalue weighted by molar-refractivity contribution is -0.139. The van der Waals surface area contributed by atoms with Gasteiger partial charge in [0.1, 0.15) is 17.3 Å². The predicted octanol–water partition coefficient (Wildman–Crippen LogP) is 4.83. The zero-order valence-corrected chi connectivity index (χ0v) is 22.8. The molecule has 0 bridgehead atoms. The summed E-state index contributed by atoms with van der Waals surface area (Å²) >= 11 is 4.69. The number of rotatable bonds is 6. The third kappa shape index (κ3) is 4.84. The van der Waals surface area contributed by atoms with Crippen LogP contribution in [0.2, 0.25) is 0 Å². The van der Waals surface area contributed by atoms with E-state index in [2.05, 4.69) is 20.9 Å². The first-order valence-corrected chi connectivity index (χ1v) is 13.2. The minimum atomic E-state index is -0.682. The van der Waals surface area contributed by atoms with Gasteiger partial charge in [0.15, 0.2) is 4.80 Å². The first-order valence-electron chi connectivity index (χ1n) is 11.6. The Morgan fingerprint density at radius 1 is 1.14 bits per heavy atom. The Morgan fingerprint density at radius 3 is 2.54 bits per heavy atom.